The van der Waals surface area contributed by atoms with Crippen LogP contribution >= 0.6 is 11.6 Å². The minimum absolute atomic E-state index is 0.0793. The maximum atomic E-state index is 11.8. The fourth-order valence-electron chi connectivity index (χ4n) is 1.67. The van der Waals surface area contributed by atoms with Crippen molar-refractivity contribution in [3.05, 3.63) is 28.8 Å². The summed E-state index contributed by atoms with van der Waals surface area (Å²) in [6.45, 7) is 5.21. The van der Waals surface area contributed by atoms with Gasteiger partial charge in [0.15, 0.2) is 6.61 Å². The van der Waals surface area contributed by atoms with Crippen molar-refractivity contribution in [3.63, 3.8) is 0 Å². The van der Waals surface area contributed by atoms with Gasteiger partial charge in [-0.1, -0.05) is 31.5 Å². The zero-order valence-electron chi connectivity index (χ0n) is 11.8. The summed E-state index contributed by atoms with van der Waals surface area (Å²) in [6, 6.07) is 4.50. The molecule has 3 N–H and O–H groups in total. The highest BCUT2D eigenvalue weighted by Gasteiger charge is 2.21. The third-order valence-electron chi connectivity index (χ3n) is 2.87. The monoisotopic (exact) mass is 298 g/mol. The first-order valence-corrected chi connectivity index (χ1v) is 6.67. The van der Waals surface area contributed by atoms with E-state index < -0.39 is 17.9 Å². The Balaban J connectivity index is 2.59. The number of benzene rings is 1. The smallest absolute Gasteiger partial charge is 0.258 e. The Labute approximate surface area is 123 Å². The quantitative estimate of drug-likeness (QED) is 0.838. The summed E-state index contributed by atoms with van der Waals surface area (Å²) in [4.78, 5) is 23.0. The van der Waals surface area contributed by atoms with Crippen LogP contribution in [0.1, 0.15) is 19.4 Å². The topological polar surface area (TPSA) is 81.4 Å². The molecule has 0 unspecified atom stereocenters. The predicted molar refractivity (Wildman–Crippen MR) is 77.6 cm³/mol. The summed E-state index contributed by atoms with van der Waals surface area (Å²) in [7, 11) is 0. The van der Waals surface area contributed by atoms with Gasteiger partial charge < -0.3 is 15.8 Å². The molecule has 110 valence electrons. The fourth-order valence-corrected chi connectivity index (χ4v) is 1.83. The lowest BCUT2D eigenvalue weighted by molar-refractivity contribution is -0.129. The Kier molecular flexibility index (Phi) is 5.82. The molecule has 0 saturated heterocycles. The van der Waals surface area contributed by atoms with E-state index in [1.165, 1.54) is 0 Å². The molecule has 20 heavy (non-hydrogen) atoms. The van der Waals surface area contributed by atoms with Gasteiger partial charge in [0.25, 0.3) is 5.91 Å². The summed E-state index contributed by atoms with van der Waals surface area (Å²) in [5.41, 5.74) is 5.99. The van der Waals surface area contributed by atoms with Gasteiger partial charge in [0.2, 0.25) is 5.91 Å². The van der Waals surface area contributed by atoms with Gasteiger partial charge in [0, 0.05) is 10.6 Å². The molecular formula is C14H19ClN2O3. The molecule has 1 aromatic carbocycles. The number of hydrogen-bond donors (Lipinski definition) is 2. The number of rotatable bonds is 6. The number of ether oxygens (including phenoxy) is 1. The van der Waals surface area contributed by atoms with Crippen LogP contribution in [0.2, 0.25) is 5.02 Å². The highest BCUT2D eigenvalue weighted by Crippen LogP contribution is 2.24. The molecule has 0 fully saturated rings. The Morgan fingerprint density at radius 2 is 2.05 bits per heavy atom. The summed E-state index contributed by atoms with van der Waals surface area (Å²) < 4.78 is 5.39. The van der Waals surface area contributed by atoms with Crippen molar-refractivity contribution in [3.8, 4) is 5.75 Å². The Hall–Kier alpha value is -1.75. The molecule has 0 spiro atoms. The summed E-state index contributed by atoms with van der Waals surface area (Å²) >= 11 is 5.95. The predicted octanol–water partition coefficient (Wildman–Crippen LogP) is 1.65. The lowest BCUT2D eigenvalue weighted by Crippen LogP contribution is -2.49. The summed E-state index contributed by atoms with van der Waals surface area (Å²) in [6.07, 6.45) is 0. The summed E-state index contributed by atoms with van der Waals surface area (Å²) in [5, 5.41) is 3.12. The minimum atomic E-state index is -0.702. The molecule has 0 aromatic heterocycles. The Morgan fingerprint density at radius 3 is 2.60 bits per heavy atom. The molecule has 1 atom stereocenters. The molecule has 1 rings (SSSR count). The van der Waals surface area contributed by atoms with E-state index in [0.717, 1.165) is 5.56 Å². The SMILES string of the molecule is Cc1c(Cl)cccc1OCC(=O)N[C@@H](C(N)=O)C(C)C. The number of nitrogens with two attached hydrogens (primary N) is 1. The van der Waals surface area contributed by atoms with Crippen LogP contribution in [0.5, 0.6) is 5.75 Å². The number of amides is 2. The normalized spacial score (nSPS) is 12.1. The van der Waals surface area contributed by atoms with Gasteiger partial charge in [-0.25, -0.2) is 0 Å². The van der Waals surface area contributed by atoms with E-state index in [0.29, 0.717) is 10.8 Å². The largest absolute Gasteiger partial charge is 0.483 e. The third kappa shape index (κ3) is 4.42. The van der Waals surface area contributed by atoms with Crippen LogP contribution in [-0.4, -0.2) is 24.5 Å². The van der Waals surface area contributed by atoms with Gasteiger partial charge >= 0.3 is 0 Å². The lowest BCUT2D eigenvalue weighted by Gasteiger charge is -2.19. The molecule has 0 aliphatic rings. The first kappa shape index (κ1) is 16.3. The molecule has 2 amide bonds. The van der Waals surface area contributed by atoms with Crippen molar-refractivity contribution in [1.29, 1.82) is 0 Å². The van der Waals surface area contributed by atoms with E-state index in [2.05, 4.69) is 5.32 Å². The zero-order chi connectivity index (χ0) is 15.3. The van der Waals surface area contributed by atoms with Gasteiger partial charge in [-0.15, -0.1) is 0 Å². The van der Waals surface area contributed by atoms with E-state index in [-0.39, 0.29) is 12.5 Å². The first-order valence-electron chi connectivity index (χ1n) is 6.29. The van der Waals surface area contributed by atoms with Crippen LogP contribution < -0.4 is 15.8 Å². The molecular weight excluding hydrogens is 280 g/mol. The lowest BCUT2D eigenvalue weighted by atomic mass is 10.0. The third-order valence-corrected chi connectivity index (χ3v) is 3.28. The van der Waals surface area contributed by atoms with Gasteiger partial charge in [-0.2, -0.15) is 0 Å². The van der Waals surface area contributed by atoms with Crippen molar-refractivity contribution in [2.45, 2.75) is 26.8 Å². The van der Waals surface area contributed by atoms with E-state index in [1.807, 2.05) is 0 Å². The second kappa shape index (κ2) is 7.14. The molecule has 6 heteroatoms. The highest BCUT2D eigenvalue weighted by atomic mass is 35.5. The average Bonchev–Trinajstić information content (AvgIpc) is 2.37. The van der Waals surface area contributed by atoms with E-state index >= 15 is 0 Å². The van der Waals surface area contributed by atoms with E-state index in [9.17, 15) is 9.59 Å². The Bertz CT molecular complexity index is 503. The maximum absolute atomic E-state index is 11.8. The molecule has 0 bridgehead atoms. The van der Waals surface area contributed by atoms with Crippen LogP contribution in [0, 0.1) is 12.8 Å². The summed E-state index contributed by atoms with van der Waals surface area (Å²) in [5.74, 6) is -0.508. The molecule has 0 aliphatic carbocycles. The number of hydrogen-bond acceptors (Lipinski definition) is 3. The second-order valence-electron chi connectivity index (χ2n) is 4.84. The van der Waals surface area contributed by atoms with Crippen molar-refractivity contribution in [2.75, 3.05) is 6.61 Å². The first-order chi connectivity index (χ1) is 9.32. The molecule has 1 aromatic rings. The van der Waals surface area contributed by atoms with Crippen molar-refractivity contribution in [1.82, 2.24) is 5.32 Å². The molecule has 0 saturated carbocycles. The molecule has 0 aliphatic heterocycles. The number of carbonyl (C=O) groups excluding carboxylic acids is 2. The number of primary amides is 1. The number of carbonyl (C=O) groups is 2. The van der Waals surface area contributed by atoms with Crippen molar-refractivity contribution < 1.29 is 14.3 Å². The average molecular weight is 299 g/mol. The standard InChI is InChI=1S/C14H19ClN2O3/c1-8(2)13(14(16)19)17-12(18)7-20-11-6-4-5-10(15)9(11)3/h4-6,8,13H,7H2,1-3H3,(H2,16,19)(H,17,18)/t13-/m1/s1. The highest BCUT2D eigenvalue weighted by molar-refractivity contribution is 6.31. The van der Waals surface area contributed by atoms with Crippen LogP contribution in [0.25, 0.3) is 0 Å². The minimum Gasteiger partial charge on any atom is -0.483 e. The zero-order valence-corrected chi connectivity index (χ0v) is 12.5. The number of halogens is 1. The van der Waals surface area contributed by atoms with Crippen LogP contribution in [0.15, 0.2) is 18.2 Å². The van der Waals surface area contributed by atoms with Crippen LogP contribution in [0.4, 0.5) is 0 Å². The molecule has 0 heterocycles. The van der Waals surface area contributed by atoms with Crippen molar-refractivity contribution >= 4 is 23.4 Å². The Morgan fingerprint density at radius 1 is 1.40 bits per heavy atom. The van der Waals surface area contributed by atoms with Gasteiger partial charge in [-0.3, -0.25) is 9.59 Å². The molecule has 5 nitrogen and oxygen atoms in total. The maximum Gasteiger partial charge on any atom is 0.258 e. The van der Waals surface area contributed by atoms with Gasteiger partial charge in [-0.05, 0) is 25.0 Å². The number of nitrogens with one attached hydrogen (secondary N) is 1. The second-order valence-corrected chi connectivity index (χ2v) is 5.25. The van der Waals surface area contributed by atoms with Crippen LogP contribution in [-0.2, 0) is 9.59 Å². The fraction of sp³-hybridized carbons (Fsp3) is 0.429. The van der Waals surface area contributed by atoms with Crippen molar-refractivity contribution in [2.24, 2.45) is 11.7 Å². The van der Waals surface area contributed by atoms with Gasteiger partial charge in [0.05, 0.1) is 0 Å². The van der Waals surface area contributed by atoms with E-state index in [4.69, 9.17) is 22.1 Å². The molecule has 0 radical (unpaired) electrons. The van der Waals surface area contributed by atoms with E-state index in [1.54, 1.807) is 39.0 Å². The van der Waals surface area contributed by atoms with Gasteiger partial charge in [0.1, 0.15) is 11.8 Å². The van der Waals surface area contributed by atoms with Crippen LogP contribution in [0.3, 0.4) is 0 Å².